The third kappa shape index (κ3) is 3.24. The fourth-order valence-electron chi connectivity index (χ4n) is 2.47. The summed E-state index contributed by atoms with van der Waals surface area (Å²) in [6, 6.07) is 2.23. The second-order valence-corrected chi connectivity index (χ2v) is 7.74. The third-order valence-corrected chi connectivity index (χ3v) is 6.24. The maximum Gasteiger partial charge on any atom is 0.0731 e. The van der Waals surface area contributed by atoms with Gasteiger partial charge in [0.25, 0.3) is 0 Å². The first-order valence-electron chi connectivity index (χ1n) is 6.06. The van der Waals surface area contributed by atoms with Gasteiger partial charge in [-0.2, -0.15) is 0 Å². The minimum absolute atomic E-state index is 0.220. The Morgan fingerprint density at radius 2 is 2.12 bits per heavy atom. The monoisotopic (exact) mass is 320 g/mol. The van der Waals surface area contributed by atoms with E-state index in [2.05, 4.69) is 28.9 Å². The molecule has 0 aromatic carbocycles. The Labute approximate surface area is 116 Å². The van der Waals surface area contributed by atoms with Gasteiger partial charge < -0.3 is 0 Å². The Hall–Kier alpha value is 0.470. The molecule has 2 rings (SSSR count). The largest absolute Gasteiger partial charge is 0.131 e. The lowest BCUT2D eigenvalue weighted by Crippen LogP contribution is -2.08. The predicted octanol–water partition coefficient (Wildman–Crippen LogP) is 6.07. The van der Waals surface area contributed by atoms with Crippen LogP contribution in [-0.4, -0.2) is 0 Å². The number of aryl methyl sites for hydroxylation is 1. The number of halogens is 2. The van der Waals surface area contributed by atoms with Gasteiger partial charge >= 0.3 is 0 Å². The Morgan fingerprint density at radius 1 is 1.44 bits per heavy atom. The number of hydrogen-bond donors (Lipinski definition) is 0. The zero-order valence-corrected chi connectivity index (χ0v) is 12.8. The van der Waals surface area contributed by atoms with Gasteiger partial charge in [-0.25, -0.2) is 0 Å². The van der Waals surface area contributed by atoms with E-state index in [9.17, 15) is 0 Å². The highest BCUT2D eigenvalue weighted by Crippen LogP contribution is 2.40. The van der Waals surface area contributed by atoms with Gasteiger partial charge in [0.2, 0.25) is 0 Å². The van der Waals surface area contributed by atoms with Crippen molar-refractivity contribution in [2.75, 3.05) is 0 Å². The molecule has 1 heterocycles. The van der Waals surface area contributed by atoms with Crippen LogP contribution in [0.15, 0.2) is 9.85 Å². The molecule has 1 fully saturated rings. The van der Waals surface area contributed by atoms with Gasteiger partial charge in [-0.05, 0) is 46.8 Å². The van der Waals surface area contributed by atoms with E-state index in [0.717, 1.165) is 12.3 Å². The molecule has 16 heavy (non-hydrogen) atoms. The Bertz CT molecular complexity index is 322. The second-order valence-electron chi connectivity index (χ2n) is 4.81. The highest BCUT2D eigenvalue weighted by atomic mass is 79.9. The van der Waals surface area contributed by atoms with Gasteiger partial charge in [-0.15, -0.1) is 22.9 Å². The van der Waals surface area contributed by atoms with Gasteiger partial charge in [0.1, 0.15) is 0 Å². The molecule has 0 bridgehead atoms. The van der Waals surface area contributed by atoms with Crippen molar-refractivity contribution in [2.45, 2.75) is 50.8 Å². The van der Waals surface area contributed by atoms with Crippen LogP contribution in [0.5, 0.6) is 0 Å². The van der Waals surface area contributed by atoms with Gasteiger partial charge in [0.15, 0.2) is 0 Å². The summed E-state index contributed by atoms with van der Waals surface area (Å²) >= 11 is 11.9. The molecule has 0 radical (unpaired) electrons. The first kappa shape index (κ1) is 12.9. The van der Waals surface area contributed by atoms with Crippen LogP contribution in [0.4, 0.5) is 0 Å². The minimum Gasteiger partial charge on any atom is -0.131 e. The third-order valence-electron chi connectivity index (χ3n) is 3.45. The zero-order valence-electron chi connectivity index (χ0n) is 9.64. The average molecular weight is 322 g/mol. The van der Waals surface area contributed by atoms with Crippen LogP contribution in [0.1, 0.15) is 54.3 Å². The molecule has 0 N–H and O–H groups in total. The number of alkyl halides is 1. The molecule has 0 saturated heterocycles. The summed E-state index contributed by atoms with van der Waals surface area (Å²) in [7, 11) is 0. The summed E-state index contributed by atoms with van der Waals surface area (Å²) in [5, 5.41) is 0.220. The molecule has 0 spiro atoms. The van der Waals surface area contributed by atoms with Crippen LogP contribution in [0.25, 0.3) is 0 Å². The number of rotatable bonds is 3. The van der Waals surface area contributed by atoms with E-state index in [4.69, 9.17) is 11.6 Å². The SMILES string of the molecule is Cc1cc(C(Cl)CC2CCCCC2)sc1Br. The lowest BCUT2D eigenvalue weighted by Gasteiger charge is -2.23. The molecule has 90 valence electrons. The number of thiophene rings is 1. The number of hydrogen-bond acceptors (Lipinski definition) is 1. The van der Waals surface area contributed by atoms with Crippen molar-refractivity contribution in [3.05, 3.63) is 20.3 Å². The second kappa shape index (κ2) is 5.88. The molecule has 1 saturated carbocycles. The van der Waals surface area contributed by atoms with Crippen molar-refractivity contribution in [2.24, 2.45) is 5.92 Å². The van der Waals surface area contributed by atoms with Crippen molar-refractivity contribution in [3.8, 4) is 0 Å². The Morgan fingerprint density at radius 3 is 2.69 bits per heavy atom. The van der Waals surface area contributed by atoms with Crippen molar-refractivity contribution < 1.29 is 0 Å². The van der Waals surface area contributed by atoms with E-state index >= 15 is 0 Å². The molecule has 0 nitrogen and oxygen atoms in total. The Kier molecular flexibility index (Phi) is 4.75. The smallest absolute Gasteiger partial charge is 0.0731 e. The average Bonchev–Trinajstić information content (AvgIpc) is 2.61. The fraction of sp³-hybridized carbons (Fsp3) is 0.692. The molecule has 1 aliphatic rings. The van der Waals surface area contributed by atoms with E-state index < -0.39 is 0 Å². The molecule has 3 heteroatoms. The summed E-state index contributed by atoms with van der Waals surface area (Å²) in [6.07, 6.45) is 8.16. The molecule has 0 amide bonds. The summed E-state index contributed by atoms with van der Waals surface area (Å²) < 4.78 is 1.23. The first-order valence-corrected chi connectivity index (χ1v) is 8.11. The molecule has 1 aromatic heterocycles. The van der Waals surface area contributed by atoms with E-state index in [1.807, 2.05) is 0 Å². The quantitative estimate of drug-likeness (QED) is 0.593. The zero-order chi connectivity index (χ0) is 11.5. The molecule has 1 aliphatic carbocycles. The highest BCUT2D eigenvalue weighted by Gasteiger charge is 2.20. The van der Waals surface area contributed by atoms with Crippen molar-refractivity contribution in [3.63, 3.8) is 0 Å². The minimum atomic E-state index is 0.220. The first-order chi connectivity index (χ1) is 7.66. The van der Waals surface area contributed by atoms with Crippen LogP contribution >= 0.6 is 38.9 Å². The standard InChI is InChI=1S/C13H18BrClS/c1-9-7-12(16-13(9)14)11(15)8-10-5-3-2-4-6-10/h7,10-11H,2-6,8H2,1H3. The van der Waals surface area contributed by atoms with Gasteiger partial charge in [0.05, 0.1) is 9.16 Å². The molecule has 1 unspecified atom stereocenters. The fourth-order valence-corrected chi connectivity index (χ4v) is 4.48. The van der Waals surface area contributed by atoms with Crippen LogP contribution < -0.4 is 0 Å². The van der Waals surface area contributed by atoms with Crippen LogP contribution in [0, 0.1) is 12.8 Å². The van der Waals surface area contributed by atoms with E-state index in [-0.39, 0.29) is 5.38 Å². The lowest BCUT2D eigenvalue weighted by molar-refractivity contribution is 0.337. The van der Waals surface area contributed by atoms with E-state index in [1.165, 1.54) is 46.3 Å². The Balaban J connectivity index is 1.93. The van der Waals surface area contributed by atoms with Crippen LogP contribution in [-0.2, 0) is 0 Å². The summed E-state index contributed by atoms with van der Waals surface area (Å²) in [5.41, 5.74) is 1.31. The van der Waals surface area contributed by atoms with Gasteiger partial charge in [-0.1, -0.05) is 32.1 Å². The summed E-state index contributed by atoms with van der Waals surface area (Å²) in [5.74, 6) is 0.859. The van der Waals surface area contributed by atoms with Crippen LogP contribution in [0.2, 0.25) is 0 Å². The summed E-state index contributed by atoms with van der Waals surface area (Å²) in [6.45, 7) is 2.13. The summed E-state index contributed by atoms with van der Waals surface area (Å²) in [4.78, 5) is 1.33. The van der Waals surface area contributed by atoms with Crippen molar-refractivity contribution in [1.29, 1.82) is 0 Å². The topological polar surface area (TPSA) is 0 Å². The molecule has 0 aliphatic heterocycles. The maximum atomic E-state index is 6.51. The van der Waals surface area contributed by atoms with Gasteiger partial charge in [-0.3, -0.25) is 0 Å². The normalized spacial score (nSPS) is 19.9. The molecular formula is C13H18BrClS. The van der Waals surface area contributed by atoms with Crippen molar-refractivity contribution in [1.82, 2.24) is 0 Å². The lowest BCUT2D eigenvalue weighted by atomic mass is 9.86. The maximum absolute atomic E-state index is 6.51. The predicted molar refractivity (Wildman–Crippen MR) is 76.5 cm³/mol. The molecule has 1 aromatic rings. The molecular weight excluding hydrogens is 304 g/mol. The van der Waals surface area contributed by atoms with E-state index in [1.54, 1.807) is 11.3 Å². The molecule has 1 atom stereocenters. The van der Waals surface area contributed by atoms with Gasteiger partial charge in [0, 0.05) is 4.88 Å². The van der Waals surface area contributed by atoms with Crippen molar-refractivity contribution >= 4 is 38.9 Å². The highest BCUT2D eigenvalue weighted by molar-refractivity contribution is 9.11. The van der Waals surface area contributed by atoms with E-state index in [0.29, 0.717) is 0 Å². The van der Waals surface area contributed by atoms with Crippen LogP contribution in [0.3, 0.4) is 0 Å².